The summed E-state index contributed by atoms with van der Waals surface area (Å²) in [5.74, 6) is 0.529. The lowest BCUT2D eigenvalue weighted by atomic mass is 10.0. The van der Waals surface area contributed by atoms with Crippen LogP contribution in [0.5, 0.6) is 0 Å². The molecule has 1 aromatic carbocycles. The summed E-state index contributed by atoms with van der Waals surface area (Å²) >= 11 is 3.37. The second-order valence-corrected chi connectivity index (χ2v) is 5.89. The Kier molecular flexibility index (Phi) is 4.75. The van der Waals surface area contributed by atoms with Crippen molar-refractivity contribution in [3.8, 4) is 0 Å². The average molecular weight is 324 g/mol. The lowest BCUT2D eigenvalue weighted by molar-refractivity contribution is -0.127. The number of Topliss-reactive ketones (excluding diaryl/α,β-unsaturated/α-hetero) is 1. The molecule has 3 nitrogen and oxygen atoms in total. The van der Waals surface area contributed by atoms with Gasteiger partial charge in [-0.15, -0.1) is 0 Å². The third-order valence-electron chi connectivity index (χ3n) is 3.50. The molecule has 1 aliphatic rings. The SMILES string of the molecule is CCCC1CC(=O)N(CC(=O)c2ccccc2Br)C1. The molecule has 0 saturated carbocycles. The molecule has 1 aliphatic heterocycles. The number of amides is 1. The third-order valence-corrected chi connectivity index (χ3v) is 4.19. The van der Waals surface area contributed by atoms with E-state index < -0.39 is 0 Å². The van der Waals surface area contributed by atoms with Crippen molar-refractivity contribution >= 4 is 27.6 Å². The summed E-state index contributed by atoms with van der Waals surface area (Å²) in [4.78, 5) is 25.8. The summed E-state index contributed by atoms with van der Waals surface area (Å²) in [5.41, 5.74) is 0.647. The molecule has 0 N–H and O–H groups in total. The van der Waals surface area contributed by atoms with Gasteiger partial charge in [0.2, 0.25) is 5.91 Å². The molecule has 1 saturated heterocycles. The van der Waals surface area contributed by atoms with Crippen LogP contribution in [0.2, 0.25) is 0 Å². The van der Waals surface area contributed by atoms with E-state index in [1.54, 1.807) is 11.0 Å². The molecule has 0 radical (unpaired) electrons. The van der Waals surface area contributed by atoms with Gasteiger partial charge in [-0.3, -0.25) is 9.59 Å². The van der Waals surface area contributed by atoms with Crippen molar-refractivity contribution in [1.82, 2.24) is 4.90 Å². The van der Waals surface area contributed by atoms with Gasteiger partial charge >= 0.3 is 0 Å². The van der Waals surface area contributed by atoms with Crippen LogP contribution in [0, 0.1) is 5.92 Å². The van der Waals surface area contributed by atoms with Gasteiger partial charge < -0.3 is 4.90 Å². The molecule has 0 aliphatic carbocycles. The van der Waals surface area contributed by atoms with Crippen molar-refractivity contribution in [2.75, 3.05) is 13.1 Å². The lowest BCUT2D eigenvalue weighted by Gasteiger charge is -2.16. The summed E-state index contributed by atoms with van der Waals surface area (Å²) in [5, 5.41) is 0. The number of carbonyl (C=O) groups is 2. The van der Waals surface area contributed by atoms with Gasteiger partial charge in [0.25, 0.3) is 0 Å². The normalized spacial score (nSPS) is 18.9. The Bertz CT molecular complexity index is 487. The predicted octanol–water partition coefficient (Wildman–Crippen LogP) is 3.28. The smallest absolute Gasteiger partial charge is 0.223 e. The highest BCUT2D eigenvalue weighted by Crippen LogP contribution is 2.23. The number of ketones is 1. The minimum Gasteiger partial charge on any atom is -0.335 e. The topological polar surface area (TPSA) is 37.4 Å². The maximum Gasteiger partial charge on any atom is 0.223 e. The van der Waals surface area contributed by atoms with Gasteiger partial charge in [-0.05, 0) is 18.4 Å². The Morgan fingerprint density at radius 3 is 2.84 bits per heavy atom. The number of hydrogen-bond donors (Lipinski definition) is 0. The van der Waals surface area contributed by atoms with Crippen molar-refractivity contribution in [3.63, 3.8) is 0 Å². The number of rotatable bonds is 5. The monoisotopic (exact) mass is 323 g/mol. The Labute approximate surface area is 122 Å². The van der Waals surface area contributed by atoms with Crippen LogP contribution in [0.25, 0.3) is 0 Å². The fraction of sp³-hybridized carbons (Fsp3) is 0.467. The molecule has 2 rings (SSSR count). The molecule has 1 aromatic rings. The predicted molar refractivity (Wildman–Crippen MR) is 78.1 cm³/mol. The lowest BCUT2D eigenvalue weighted by Crippen LogP contribution is -2.31. The zero-order chi connectivity index (χ0) is 13.8. The second kappa shape index (κ2) is 6.33. The first-order valence-electron chi connectivity index (χ1n) is 6.67. The Morgan fingerprint density at radius 1 is 1.42 bits per heavy atom. The highest BCUT2D eigenvalue weighted by Gasteiger charge is 2.30. The highest BCUT2D eigenvalue weighted by atomic mass is 79.9. The maximum absolute atomic E-state index is 12.2. The van der Waals surface area contributed by atoms with E-state index in [1.807, 2.05) is 18.2 Å². The van der Waals surface area contributed by atoms with E-state index in [0.717, 1.165) is 23.9 Å². The summed E-state index contributed by atoms with van der Waals surface area (Å²) in [6, 6.07) is 7.35. The number of carbonyl (C=O) groups excluding carboxylic acids is 2. The molecular weight excluding hydrogens is 306 g/mol. The fourth-order valence-corrected chi connectivity index (χ4v) is 3.06. The van der Waals surface area contributed by atoms with E-state index in [9.17, 15) is 9.59 Å². The quantitative estimate of drug-likeness (QED) is 0.780. The van der Waals surface area contributed by atoms with Crippen molar-refractivity contribution in [2.24, 2.45) is 5.92 Å². The highest BCUT2D eigenvalue weighted by molar-refractivity contribution is 9.10. The first kappa shape index (κ1) is 14.3. The van der Waals surface area contributed by atoms with Gasteiger partial charge in [-0.1, -0.05) is 47.5 Å². The minimum absolute atomic E-state index is 0.00188. The van der Waals surface area contributed by atoms with Crippen LogP contribution < -0.4 is 0 Å². The van der Waals surface area contributed by atoms with E-state index in [4.69, 9.17) is 0 Å². The Hall–Kier alpha value is -1.16. The van der Waals surface area contributed by atoms with Crippen LogP contribution in [0.4, 0.5) is 0 Å². The standard InChI is InChI=1S/C15H18BrNO2/c1-2-5-11-8-15(19)17(9-11)10-14(18)12-6-3-4-7-13(12)16/h3-4,6-7,11H,2,5,8-10H2,1H3. The molecule has 19 heavy (non-hydrogen) atoms. The average Bonchev–Trinajstić information content (AvgIpc) is 2.70. The number of hydrogen-bond acceptors (Lipinski definition) is 2. The minimum atomic E-state index is -0.00188. The summed E-state index contributed by atoms with van der Waals surface area (Å²) in [6.07, 6.45) is 2.74. The van der Waals surface area contributed by atoms with E-state index >= 15 is 0 Å². The van der Waals surface area contributed by atoms with E-state index in [0.29, 0.717) is 17.9 Å². The number of benzene rings is 1. The molecule has 1 atom stereocenters. The molecule has 4 heteroatoms. The molecule has 0 spiro atoms. The van der Waals surface area contributed by atoms with Gasteiger partial charge in [0.15, 0.2) is 5.78 Å². The summed E-state index contributed by atoms with van der Waals surface area (Å²) in [6.45, 7) is 3.05. The van der Waals surface area contributed by atoms with E-state index in [-0.39, 0.29) is 18.2 Å². The van der Waals surface area contributed by atoms with Gasteiger partial charge in [-0.2, -0.15) is 0 Å². The molecule has 1 fully saturated rings. The van der Waals surface area contributed by atoms with E-state index in [2.05, 4.69) is 22.9 Å². The van der Waals surface area contributed by atoms with Crippen LogP contribution in [0.3, 0.4) is 0 Å². The molecule has 1 amide bonds. The van der Waals surface area contributed by atoms with Crippen LogP contribution in [0.1, 0.15) is 36.5 Å². The molecule has 102 valence electrons. The van der Waals surface area contributed by atoms with Crippen molar-refractivity contribution in [2.45, 2.75) is 26.2 Å². The second-order valence-electron chi connectivity index (χ2n) is 5.04. The fourth-order valence-electron chi connectivity index (χ4n) is 2.55. The van der Waals surface area contributed by atoms with E-state index in [1.165, 1.54) is 0 Å². The van der Waals surface area contributed by atoms with Gasteiger partial charge in [0, 0.05) is 23.0 Å². The number of likely N-dealkylation sites (tertiary alicyclic amines) is 1. The maximum atomic E-state index is 12.2. The van der Waals surface area contributed by atoms with Gasteiger partial charge in [-0.25, -0.2) is 0 Å². The molecular formula is C15H18BrNO2. The molecule has 0 bridgehead atoms. The first-order chi connectivity index (χ1) is 9.11. The largest absolute Gasteiger partial charge is 0.335 e. The molecule has 0 aromatic heterocycles. The Balaban J connectivity index is 2.00. The van der Waals surface area contributed by atoms with Crippen LogP contribution in [-0.2, 0) is 4.79 Å². The van der Waals surface area contributed by atoms with Gasteiger partial charge in [0.05, 0.1) is 6.54 Å². The summed E-state index contributed by atoms with van der Waals surface area (Å²) < 4.78 is 0.789. The first-order valence-corrected chi connectivity index (χ1v) is 7.46. The third kappa shape index (κ3) is 3.44. The zero-order valence-electron chi connectivity index (χ0n) is 11.1. The van der Waals surface area contributed by atoms with Gasteiger partial charge in [0.1, 0.15) is 0 Å². The van der Waals surface area contributed by atoms with Crippen molar-refractivity contribution < 1.29 is 9.59 Å². The van der Waals surface area contributed by atoms with Crippen molar-refractivity contribution in [3.05, 3.63) is 34.3 Å². The number of nitrogens with zero attached hydrogens (tertiary/aromatic N) is 1. The number of halogens is 1. The van der Waals surface area contributed by atoms with Crippen LogP contribution in [0.15, 0.2) is 28.7 Å². The van der Waals surface area contributed by atoms with Crippen LogP contribution >= 0.6 is 15.9 Å². The Morgan fingerprint density at radius 2 is 2.16 bits per heavy atom. The molecule has 1 unspecified atom stereocenters. The van der Waals surface area contributed by atoms with Crippen molar-refractivity contribution in [1.29, 1.82) is 0 Å². The molecule has 1 heterocycles. The van der Waals surface area contributed by atoms with Crippen LogP contribution in [-0.4, -0.2) is 29.7 Å². The zero-order valence-corrected chi connectivity index (χ0v) is 12.6. The summed E-state index contributed by atoms with van der Waals surface area (Å²) in [7, 11) is 0.